The summed E-state index contributed by atoms with van der Waals surface area (Å²) in [5, 5.41) is 11.4. The molecule has 3 fully saturated rings. The lowest BCUT2D eigenvalue weighted by Gasteiger charge is -2.53. The molecular weight excluding hydrogens is 442 g/mol. The number of methoxy groups -OCH3 is 1. The Bertz CT molecular complexity index is 1140. The van der Waals surface area contributed by atoms with Gasteiger partial charge in [0.1, 0.15) is 0 Å². The summed E-state index contributed by atoms with van der Waals surface area (Å²) in [6, 6.07) is 17.5. The van der Waals surface area contributed by atoms with E-state index in [1.807, 2.05) is 12.1 Å². The standard InChI is InChI=1S/C28H33N3O4/c1-19(2)16-24-30-31-26(35-24)29-23-10-6-21(7-11-23)20-4-8-22(9-5-20)27-12-14-28(15-13-27,34-18-27)17-25(32)33-3/h4-11,19H,12-18H2,1-3H3,(H,29,31). The van der Waals surface area contributed by atoms with Crippen LogP contribution < -0.4 is 5.32 Å². The minimum absolute atomic E-state index is 0.0443. The van der Waals surface area contributed by atoms with Crippen LogP contribution in [0.5, 0.6) is 0 Å². The van der Waals surface area contributed by atoms with Crippen molar-refractivity contribution in [2.24, 2.45) is 5.92 Å². The van der Waals surface area contributed by atoms with E-state index in [4.69, 9.17) is 13.9 Å². The molecule has 35 heavy (non-hydrogen) atoms. The van der Waals surface area contributed by atoms with Gasteiger partial charge in [-0.05, 0) is 60.4 Å². The molecule has 2 bridgehead atoms. The van der Waals surface area contributed by atoms with Crippen LogP contribution in [0.4, 0.5) is 11.7 Å². The van der Waals surface area contributed by atoms with E-state index < -0.39 is 0 Å². The lowest BCUT2D eigenvalue weighted by molar-refractivity contribution is -0.176. The average Bonchev–Trinajstić information content (AvgIpc) is 3.31. The van der Waals surface area contributed by atoms with Crippen LogP contribution in [-0.2, 0) is 26.1 Å². The van der Waals surface area contributed by atoms with Gasteiger partial charge in [-0.15, -0.1) is 5.10 Å². The van der Waals surface area contributed by atoms with Crippen molar-refractivity contribution < 1.29 is 18.7 Å². The fraction of sp³-hybridized carbons (Fsp3) is 0.464. The monoisotopic (exact) mass is 475 g/mol. The zero-order chi connectivity index (χ0) is 24.5. The number of aromatic nitrogens is 2. The Hall–Kier alpha value is -3.19. The minimum atomic E-state index is -0.332. The van der Waals surface area contributed by atoms with Gasteiger partial charge in [-0.1, -0.05) is 55.3 Å². The molecule has 1 N–H and O–H groups in total. The number of carbonyl (C=O) groups excluding carboxylic acids is 1. The van der Waals surface area contributed by atoms with Gasteiger partial charge in [0.15, 0.2) is 0 Å². The maximum Gasteiger partial charge on any atom is 0.320 e. The van der Waals surface area contributed by atoms with Gasteiger partial charge in [-0.2, -0.15) is 0 Å². The Labute approximate surface area is 206 Å². The normalized spacial score (nSPS) is 23.4. The van der Waals surface area contributed by atoms with Crippen LogP contribution in [0, 0.1) is 5.92 Å². The lowest BCUT2D eigenvalue weighted by atomic mass is 9.62. The molecule has 1 saturated carbocycles. The van der Waals surface area contributed by atoms with Crippen molar-refractivity contribution in [3.05, 3.63) is 60.0 Å². The number of hydrogen-bond donors (Lipinski definition) is 1. The molecule has 1 aromatic heterocycles. The van der Waals surface area contributed by atoms with Crippen LogP contribution in [0.15, 0.2) is 52.9 Å². The molecule has 2 aliphatic heterocycles. The van der Waals surface area contributed by atoms with Crippen molar-refractivity contribution in [3.8, 4) is 11.1 Å². The first-order valence-electron chi connectivity index (χ1n) is 12.4. The van der Waals surface area contributed by atoms with Gasteiger partial charge >= 0.3 is 12.0 Å². The molecule has 1 aliphatic carbocycles. The molecule has 3 aliphatic rings. The van der Waals surface area contributed by atoms with Gasteiger partial charge in [0.2, 0.25) is 5.89 Å². The summed E-state index contributed by atoms with van der Waals surface area (Å²) in [4.78, 5) is 11.8. The zero-order valence-electron chi connectivity index (χ0n) is 20.7. The summed E-state index contributed by atoms with van der Waals surface area (Å²) >= 11 is 0. The molecule has 3 aromatic rings. The van der Waals surface area contributed by atoms with Crippen LogP contribution in [-0.4, -0.2) is 35.5 Å². The number of ether oxygens (including phenoxy) is 2. The van der Waals surface area contributed by atoms with Crippen LogP contribution in [0.3, 0.4) is 0 Å². The largest absolute Gasteiger partial charge is 0.469 e. The Balaban J connectivity index is 1.23. The Morgan fingerprint density at radius 1 is 1.00 bits per heavy atom. The Morgan fingerprint density at radius 2 is 1.66 bits per heavy atom. The second-order valence-corrected chi connectivity index (χ2v) is 10.4. The highest BCUT2D eigenvalue weighted by atomic mass is 16.5. The van der Waals surface area contributed by atoms with E-state index in [9.17, 15) is 4.79 Å². The van der Waals surface area contributed by atoms with E-state index in [0.717, 1.165) is 43.4 Å². The van der Waals surface area contributed by atoms with Gasteiger partial charge in [0.25, 0.3) is 0 Å². The van der Waals surface area contributed by atoms with Crippen molar-refractivity contribution >= 4 is 17.7 Å². The number of nitrogens with one attached hydrogen (secondary N) is 1. The van der Waals surface area contributed by atoms with Crippen LogP contribution in [0.1, 0.15) is 57.4 Å². The SMILES string of the molecule is COC(=O)CC12CCC(c3ccc(-c4ccc(Nc5nnc(CC(C)C)o5)cc4)cc3)(CC1)CO2. The highest BCUT2D eigenvalue weighted by Crippen LogP contribution is 2.51. The molecule has 184 valence electrons. The number of esters is 1. The number of carbonyl (C=O) groups is 1. The third-order valence-corrected chi connectivity index (χ3v) is 7.48. The van der Waals surface area contributed by atoms with Gasteiger partial charge in [0.05, 0.1) is 25.7 Å². The van der Waals surface area contributed by atoms with Crippen molar-refractivity contribution in [1.82, 2.24) is 10.2 Å². The maximum absolute atomic E-state index is 11.8. The van der Waals surface area contributed by atoms with Crippen molar-refractivity contribution in [1.29, 1.82) is 0 Å². The van der Waals surface area contributed by atoms with Crippen LogP contribution >= 0.6 is 0 Å². The van der Waals surface area contributed by atoms with Gasteiger partial charge < -0.3 is 19.2 Å². The highest BCUT2D eigenvalue weighted by Gasteiger charge is 2.51. The first-order chi connectivity index (χ1) is 16.9. The number of fused-ring (bicyclic) bond motifs is 3. The molecular formula is C28H33N3O4. The van der Waals surface area contributed by atoms with Crippen molar-refractivity contribution in [2.45, 2.75) is 63.4 Å². The van der Waals surface area contributed by atoms with E-state index in [1.165, 1.54) is 18.2 Å². The number of nitrogens with zero attached hydrogens (tertiary/aromatic N) is 2. The summed E-state index contributed by atoms with van der Waals surface area (Å²) in [6.45, 7) is 4.91. The zero-order valence-corrected chi connectivity index (χ0v) is 20.7. The molecule has 0 amide bonds. The summed E-state index contributed by atoms with van der Waals surface area (Å²) in [5.74, 6) is 0.935. The molecule has 0 spiro atoms. The molecule has 2 aromatic carbocycles. The Morgan fingerprint density at radius 3 is 2.23 bits per heavy atom. The predicted octanol–water partition coefficient (Wildman–Crippen LogP) is 5.82. The summed E-state index contributed by atoms with van der Waals surface area (Å²) in [7, 11) is 1.44. The van der Waals surface area contributed by atoms with E-state index in [0.29, 0.717) is 30.9 Å². The van der Waals surface area contributed by atoms with E-state index >= 15 is 0 Å². The van der Waals surface area contributed by atoms with Crippen molar-refractivity contribution in [2.75, 3.05) is 19.0 Å². The molecule has 3 heterocycles. The van der Waals surface area contributed by atoms with Crippen molar-refractivity contribution in [3.63, 3.8) is 0 Å². The van der Waals surface area contributed by atoms with Crippen LogP contribution in [0.25, 0.3) is 11.1 Å². The smallest absolute Gasteiger partial charge is 0.320 e. The summed E-state index contributed by atoms with van der Waals surface area (Å²) in [6.07, 6.45) is 5.01. The lowest BCUT2D eigenvalue weighted by Crippen LogP contribution is -2.54. The van der Waals surface area contributed by atoms with Gasteiger partial charge in [-0.25, -0.2) is 0 Å². The van der Waals surface area contributed by atoms with Crippen LogP contribution in [0.2, 0.25) is 0 Å². The molecule has 0 atom stereocenters. The topological polar surface area (TPSA) is 86.5 Å². The minimum Gasteiger partial charge on any atom is -0.469 e. The first kappa shape index (κ1) is 23.5. The first-order valence-corrected chi connectivity index (χ1v) is 12.4. The van der Waals surface area contributed by atoms with E-state index in [1.54, 1.807) is 0 Å². The highest BCUT2D eigenvalue weighted by molar-refractivity contribution is 5.71. The number of rotatable bonds is 8. The third-order valence-electron chi connectivity index (χ3n) is 7.48. The summed E-state index contributed by atoms with van der Waals surface area (Å²) in [5.41, 5.74) is 4.25. The second kappa shape index (κ2) is 9.46. The quantitative estimate of drug-likeness (QED) is 0.411. The second-order valence-electron chi connectivity index (χ2n) is 10.4. The molecule has 0 radical (unpaired) electrons. The van der Waals surface area contributed by atoms with Gasteiger partial charge in [0, 0.05) is 17.5 Å². The number of benzene rings is 2. The Kier molecular flexibility index (Phi) is 6.36. The molecule has 2 saturated heterocycles. The predicted molar refractivity (Wildman–Crippen MR) is 133 cm³/mol. The summed E-state index contributed by atoms with van der Waals surface area (Å²) < 4.78 is 16.8. The number of anilines is 2. The third kappa shape index (κ3) is 4.96. The van der Waals surface area contributed by atoms with Gasteiger partial charge in [-0.3, -0.25) is 4.79 Å². The van der Waals surface area contributed by atoms with E-state index in [-0.39, 0.29) is 17.0 Å². The average molecular weight is 476 g/mol. The number of hydrogen-bond acceptors (Lipinski definition) is 7. The maximum atomic E-state index is 11.8. The van der Waals surface area contributed by atoms with E-state index in [2.05, 4.69) is 65.8 Å². The fourth-order valence-corrected chi connectivity index (χ4v) is 5.32. The molecule has 7 heteroatoms. The molecule has 7 nitrogen and oxygen atoms in total. The molecule has 0 unspecified atom stereocenters. The molecule has 6 rings (SSSR count). The fourth-order valence-electron chi connectivity index (χ4n) is 5.32.